The lowest BCUT2D eigenvalue weighted by molar-refractivity contribution is 0.0944. The van der Waals surface area contributed by atoms with E-state index in [1.807, 2.05) is 18.2 Å². The van der Waals surface area contributed by atoms with Crippen LogP contribution in [0.25, 0.3) is 0 Å². The van der Waals surface area contributed by atoms with Gasteiger partial charge in [0.15, 0.2) is 0 Å². The number of rotatable bonds is 6. The Morgan fingerprint density at radius 1 is 1.00 bits per heavy atom. The molecule has 0 spiro atoms. The number of carbonyl (C=O) groups is 1. The summed E-state index contributed by atoms with van der Waals surface area (Å²) in [4.78, 5) is 12.6. The molecule has 2 aromatic rings. The van der Waals surface area contributed by atoms with Crippen molar-refractivity contribution in [1.29, 1.82) is 0 Å². The number of hydrogen-bond donors (Lipinski definition) is 1. The van der Waals surface area contributed by atoms with Crippen molar-refractivity contribution in [2.24, 2.45) is 0 Å². The van der Waals surface area contributed by atoms with Gasteiger partial charge in [0.2, 0.25) is 0 Å². The summed E-state index contributed by atoms with van der Waals surface area (Å²) >= 11 is 0. The standard InChI is InChI=1S/C19H23NO3/c1-13(2)15-9-6-5-8-14(15)12-20-19(21)18-16(22-3)10-7-11-17(18)23-4/h5-11,13H,12H2,1-4H3,(H,20,21). The summed E-state index contributed by atoms with van der Waals surface area (Å²) in [6.45, 7) is 4.75. The fourth-order valence-corrected chi connectivity index (χ4v) is 2.60. The van der Waals surface area contributed by atoms with Gasteiger partial charge in [-0.25, -0.2) is 0 Å². The Morgan fingerprint density at radius 2 is 1.61 bits per heavy atom. The zero-order valence-electron chi connectivity index (χ0n) is 14.1. The quantitative estimate of drug-likeness (QED) is 0.883. The van der Waals surface area contributed by atoms with E-state index in [1.165, 1.54) is 5.56 Å². The molecule has 0 saturated heterocycles. The highest BCUT2D eigenvalue weighted by atomic mass is 16.5. The Hall–Kier alpha value is -2.49. The number of ether oxygens (including phenoxy) is 2. The van der Waals surface area contributed by atoms with Gasteiger partial charge in [-0.2, -0.15) is 0 Å². The molecule has 0 unspecified atom stereocenters. The summed E-state index contributed by atoms with van der Waals surface area (Å²) in [6, 6.07) is 13.4. The van der Waals surface area contributed by atoms with E-state index in [0.29, 0.717) is 29.5 Å². The SMILES string of the molecule is COc1cccc(OC)c1C(=O)NCc1ccccc1C(C)C. The predicted octanol–water partition coefficient (Wildman–Crippen LogP) is 3.76. The molecule has 122 valence electrons. The van der Waals surface area contributed by atoms with E-state index >= 15 is 0 Å². The van der Waals surface area contributed by atoms with Gasteiger partial charge in [-0.05, 0) is 29.2 Å². The number of methoxy groups -OCH3 is 2. The first-order valence-corrected chi connectivity index (χ1v) is 7.65. The molecule has 0 radical (unpaired) electrons. The third-order valence-corrected chi connectivity index (χ3v) is 3.77. The topological polar surface area (TPSA) is 47.6 Å². The molecule has 0 aliphatic carbocycles. The Bertz CT molecular complexity index is 658. The summed E-state index contributed by atoms with van der Waals surface area (Å²) < 4.78 is 10.6. The van der Waals surface area contributed by atoms with Crippen molar-refractivity contribution in [3.8, 4) is 11.5 Å². The third-order valence-electron chi connectivity index (χ3n) is 3.77. The lowest BCUT2D eigenvalue weighted by Crippen LogP contribution is -2.24. The number of nitrogens with one attached hydrogen (secondary N) is 1. The second-order valence-corrected chi connectivity index (χ2v) is 5.57. The van der Waals surface area contributed by atoms with Gasteiger partial charge in [0.1, 0.15) is 17.1 Å². The van der Waals surface area contributed by atoms with Gasteiger partial charge < -0.3 is 14.8 Å². The van der Waals surface area contributed by atoms with Gasteiger partial charge in [-0.1, -0.05) is 44.2 Å². The van der Waals surface area contributed by atoms with E-state index in [1.54, 1.807) is 32.4 Å². The maximum absolute atomic E-state index is 12.6. The van der Waals surface area contributed by atoms with E-state index in [-0.39, 0.29) is 5.91 Å². The molecule has 0 aliphatic rings. The Labute approximate surface area is 137 Å². The highest BCUT2D eigenvalue weighted by molar-refractivity contribution is 5.99. The monoisotopic (exact) mass is 313 g/mol. The molecule has 0 aromatic heterocycles. The van der Waals surface area contributed by atoms with Crippen LogP contribution in [0.3, 0.4) is 0 Å². The molecular formula is C19H23NO3. The molecule has 0 fully saturated rings. The van der Waals surface area contributed by atoms with Crippen LogP contribution in [-0.4, -0.2) is 20.1 Å². The molecule has 0 bridgehead atoms. The average Bonchev–Trinajstić information content (AvgIpc) is 2.58. The lowest BCUT2D eigenvalue weighted by Gasteiger charge is -2.15. The summed E-state index contributed by atoms with van der Waals surface area (Å²) in [7, 11) is 3.08. The Morgan fingerprint density at radius 3 is 2.17 bits per heavy atom. The van der Waals surface area contributed by atoms with Crippen LogP contribution in [0.4, 0.5) is 0 Å². The van der Waals surface area contributed by atoms with E-state index < -0.39 is 0 Å². The predicted molar refractivity (Wildman–Crippen MR) is 91.2 cm³/mol. The number of amides is 1. The summed E-state index contributed by atoms with van der Waals surface area (Å²) in [5, 5.41) is 2.96. The minimum atomic E-state index is -0.210. The molecule has 0 saturated carbocycles. The van der Waals surface area contributed by atoms with Crippen molar-refractivity contribution in [3.63, 3.8) is 0 Å². The second kappa shape index (κ2) is 7.68. The van der Waals surface area contributed by atoms with Gasteiger partial charge in [-0.15, -0.1) is 0 Å². The van der Waals surface area contributed by atoms with Crippen LogP contribution in [0, 0.1) is 0 Å². The van der Waals surface area contributed by atoms with Crippen LogP contribution < -0.4 is 14.8 Å². The molecule has 0 aliphatic heterocycles. The first-order valence-electron chi connectivity index (χ1n) is 7.65. The molecule has 2 aromatic carbocycles. The first-order chi connectivity index (χ1) is 11.1. The van der Waals surface area contributed by atoms with Gasteiger partial charge in [0.25, 0.3) is 5.91 Å². The molecule has 23 heavy (non-hydrogen) atoms. The van der Waals surface area contributed by atoms with Crippen LogP contribution in [0.2, 0.25) is 0 Å². The number of carbonyl (C=O) groups excluding carboxylic acids is 1. The first kappa shape index (κ1) is 16.9. The number of hydrogen-bond acceptors (Lipinski definition) is 3. The van der Waals surface area contributed by atoms with Gasteiger partial charge in [0, 0.05) is 6.54 Å². The second-order valence-electron chi connectivity index (χ2n) is 5.57. The van der Waals surface area contributed by atoms with Crippen LogP contribution >= 0.6 is 0 Å². The molecule has 0 heterocycles. The summed E-state index contributed by atoms with van der Waals surface area (Å²) in [6.07, 6.45) is 0. The average molecular weight is 313 g/mol. The normalized spacial score (nSPS) is 10.5. The zero-order valence-corrected chi connectivity index (χ0v) is 14.1. The van der Waals surface area contributed by atoms with Gasteiger partial charge in [0.05, 0.1) is 14.2 Å². The van der Waals surface area contributed by atoms with Crippen molar-refractivity contribution >= 4 is 5.91 Å². The smallest absolute Gasteiger partial charge is 0.259 e. The molecule has 2 rings (SSSR count). The minimum absolute atomic E-state index is 0.210. The van der Waals surface area contributed by atoms with E-state index in [9.17, 15) is 4.79 Å². The Balaban J connectivity index is 2.21. The maximum Gasteiger partial charge on any atom is 0.259 e. The van der Waals surface area contributed by atoms with Crippen molar-refractivity contribution < 1.29 is 14.3 Å². The fraction of sp³-hybridized carbons (Fsp3) is 0.316. The van der Waals surface area contributed by atoms with Crippen LogP contribution in [-0.2, 0) is 6.54 Å². The van der Waals surface area contributed by atoms with Gasteiger partial charge in [-0.3, -0.25) is 4.79 Å². The maximum atomic E-state index is 12.6. The van der Waals surface area contributed by atoms with Gasteiger partial charge >= 0.3 is 0 Å². The van der Waals surface area contributed by atoms with E-state index in [4.69, 9.17) is 9.47 Å². The molecule has 4 nitrogen and oxygen atoms in total. The minimum Gasteiger partial charge on any atom is -0.496 e. The van der Waals surface area contributed by atoms with Crippen molar-refractivity contribution in [3.05, 3.63) is 59.2 Å². The van der Waals surface area contributed by atoms with Crippen LogP contribution in [0.15, 0.2) is 42.5 Å². The molecule has 0 atom stereocenters. The molecular weight excluding hydrogens is 290 g/mol. The molecule has 1 amide bonds. The van der Waals surface area contributed by atoms with Crippen molar-refractivity contribution in [2.45, 2.75) is 26.3 Å². The highest BCUT2D eigenvalue weighted by Gasteiger charge is 2.18. The lowest BCUT2D eigenvalue weighted by atomic mass is 9.97. The van der Waals surface area contributed by atoms with Crippen LogP contribution in [0.1, 0.15) is 41.3 Å². The Kier molecular flexibility index (Phi) is 5.63. The summed E-state index contributed by atoms with van der Waals surface area (Å²) in [5.41, 5.74) is 2.77. The molecule has 1 N–H and O–H groups in total. The third kappa shape index (κ3) is 3.83. The summed E-state index contributed by atoms with van der Waals surface area (Å²) in [5.74, 6) is 1.19. The zero-order chi connectivity index (χ0) is 16.8. The molecule has 4 heteroatoms. The highest BCUT2D eigenvalue weighted by Crippen LogP contribution is 2.28. The van der Waals surface area contributed by atoms with E-state index in [0.717, 1.165) is 5.56 Å². The van der Waals surface area contributed by atoms with E-state index in [2.05, 4.69) is 25.2 Å². The van der Waals surface area contributed by atoms with Crippen LogP contribution in [0.5, 0.6) is 11.5 Å². The largest absolute Gasteiger partial charge is 0.496 e. The van der Waals surface area contributed by atoms with Crippen molar-refractivity contribution in [2.75, 3.05) is 14.2 Å². The van der Waals surface area contributed by atoms with Crippen molar-refractivity contribution in [1.82, 2.24) is 5.32 Å². The number of benzene rings is 2. The fourth-order valence-electron chi connectivity index (χ4n) is 2.60.